The molecule has 1 heterocycles. The molecule has 7 heteroatoms. The largest absolute Gasteiger partial charge is 0.366 e. The van der Waals surface area contributed by atoms with Crippen LogP contribution < -0.4 is 11.1 Å². The van der Waals surface area contributed by atoms with E-state index in [2.05, 4.69) is 30.3 Å². The van der Waals surface area contributed by atoms with Gasteiger partial charge >= 0.3 is 6.03 Å². The highest BCUT2D eigenvalue weighted by Gasteiger charge is 2.80. The molecule has 3 amide bonds. The molecule has 1 saturated carbocycles. The molecule has 4 atom stereocenters. The fraction of sp³-hybridized carbons (Fsp3) is 0.375. The fourth-order valence-electron chi connectivity index (χ4n) is 6.52. The lowest BCUT2D eigenvalue weighted by Gasteiger charge is -2.77. The molecule has 7 nitrogen and oxygen atoms in total. The highest BCUT2D eigenvalue weighted by molar-refractivity contribution is 5.93. The molecule has 158 valence electrons. The van der Waals surface area contributed by atoms with E-state index in [1.54, 1.807) is 35.2 Å². The molecule has 5 rings (SSSR count). The number of piperidine rings is 1. The first-order chi connectivity index (χ1) is 14.7. The Kier molecular flexibility index (Phi) is 3.99. The second-order valence-electron chi connectivity index (χ2n) is 9.31. The number of nitrogens with two attached hydrogens (primary N) is 1. The summed E-state index contributed by atoms with van der Waals surface area (Å²) in [5, 5.41) is 11.9. The first-order valence-corrected chi connectivity index (χ1v) is 10.4. The van der Waals surface area contributed by atoms with Gasteiger partial charge in [-0.2, -0.15) is 5.26 Å². The Morgan fingerprint density at radius 1 is 1.26 bits per heavy atom. The number of hydrogen-bond donors (Lipinski definition) is 2. The third-order valence-corrected chi connectivity index (χ3v) is 7.96. The maximum absolute atomic E-state index is 13.2. The summed E-state index contributed by atoms with van der Waals surface area (Å²) in [5.74, 6) is -0.433. The molecule has 2 aromatic carbocycles. The standard InChI is InChI=1S/C24H25N5O2/c1-23-18-10-15(21(26)30)6-7-16(18)11-24(23)13-28(2)20(24)19(23)29(3)22(31)27-17-8-4-14(12-25)5-9-17/h4-10,19-20H,11,13H2,1-3H3,(H2,26,30)(H,27,31). The van der Waals surface area contributed by atoms with Gasteiger partial charge in [-0.3, -0.25) is 4.79 Å². The Hall–Kier alpha value is -3.37. The minimum absolute atomic E-state index is 0.0333. The third-order valence-electron chi connectivity index (χ3n) is 7.96. The number of carbonyl (C=O) groups is 2. The minimum Gasteiger partial charge on any atom is -0.366 e. The maximum atomic E-state index is 13.2. The van der Waals surface area contributed by atoms with Crippen molar-refractivity contribution in [3.63, 3.8) is 0 Å². The number of nitriles is 1. The molecule has 3 N–H and O–H groups in total. The number of primary amides is 1. The number of nitrogens with zero attached hydrogens (tertiary/aromatic N) is 3. The van der Waals surface area contributed by atoms with Crippen LogP contribution in [0.2, 0.25) is 0 Å². The van der Waals surface area contributed by atoms with Gasteiger partial charge in [0.05, 0.1) is 17.7 Å². The van der Waals surface area contributed by atoms with Crippen molar-refractivity contribution in [1.82, 2.24) is 9.80 Å². The van der Waals surface area contributed by atoms with Crippen LogP contribution in [0, 0.1) is 16.7 Å². The van der Waals surface area contributed by atoms with Gasteiger partial charge in [-0.15, -0.1) is 0 Å². The van der Waals surface area contributed by atoms with Gasteiger partial charge in [0, 0.05) is 41.7 Å². The van der Waals surface area contributed by atoms with Crippen molar-refractivity contribution in [3.8, 4) is 6.07 Å². The van der Waals surface area contributed by atoms with E-state index in [1.807, 2.05) is 19.2 Å². The molecule has 2 fully saturated rings. The van der Waals surface area contributed by atoms with Gasteiger partial charge < -0.3 is 20.9 Å². The zero-order valence-corrected chi connectivity index (χ0v) is 17.8. The van der Waals surface area contributed by atoms with E-state index in [1.165, 1.54) is 5.56 Å². The highest BCUT2D eigenvalue weighted by Crippen LogP contribution is 2.71. The SMILES string of the molecule is CN1CC23Cc4ccc(C(N)=O)cc4C2(C)C(N(C)C(=O)Nc2ccc(C#N)cc2)C13. The first kappa shape index (κ1) is 19.6. The molecule has 2 aromatic rings. The topological polar surface area (TPSA) is 102 Å². The Balaban J connectivity index is 1.47. The minimum atomic E-state index is -0.433. The number of benzene rings is 2. The molecule has 0 radical (unpaired) electrons. The van der Waals surface area contributed by atoms with E-state index in [0.29, 0.717) is 16.8 Å². The number of urea groups is 1. The van der Waals surface area contributed by atoms with Crippen LogP contribution in [0.3, 0.4) is 0 Å². The summed E-state index contributed by atoms with van der Waals surface area (Å²) in [6.45, 7) is 3.19. The van der Waals surface area contributed by atoms with Crippen LogP contribution in [0.1, 0.15) is 34.0 Å². The molecular weight excluding hydrogens is 390 g/mol. The summed E-state index contributed by atoms with van der Waals surface area (Å²) in [6.07, 6.45) is 0.953. The van der Waals surface area contributed by atoms with Crippen molar-refractivity contribution in [2.24, 2.45) is 11.1 Å². The molecule has 0 aromatic heterocycles. The van der Waals surface area contributed by atoms with Crippen LogP contribution in [0.25, 0.3) is 0 Å². The molecular formula is C24H25N5O2. The zero-order valence-electron chi connectivity index (χ0n) is 17.8. The number of hydrogen-bond acceptors (Lipinski definition) is 4. The lowest BCUT2D eigenvalue weighted by atomic mass is 9.39. The van der Waals surface area contributed by atoms with Gasteiger partial charge in [0.2, 0.25) is 5.91 Å². The van der Waals surface area contributed by atoms with Crippen molar-refractivity contribution in [2.75, 3.05) is 26.0 Å². The van der Waals surface area contributed by atoms with Crippen LogP contribution in [0.15, 0.2) is 42.5 Å². The number of rotatable bonds is 3. The molecule has 4 unspecified atom stereocenters. The second-order valence-corrected chi connectivity index (χ2v) is 9.31. The lowest BCUT2D eigenvalue weighted by Crippen LogP contribution is -2.89. The number of anilines is 1. The van der Waals surface area contributed by atoms with E-state index >= 15 is 0 Å². The first-order valence-electron chi connectivity index (χ1n) is 10.4. The number of likely N-dealkylation sites (N-methyl/N-ethyl adjacent to an activating group) is 2. The van der Waals surface area contributed by atoms with Gasteiger partial charge in [0.15, 0.2) is 0 Å². The summed E-state index contributed by atoms with van der Waals surface area (Å²) in [7, 11) is 3.94. The van der Waals surface area contributed by atoms with Crippen molar-refractivity contribution in [2.45, 2.75) is 30.8 Å². The summed E-state index contributed by atoms with van der Waals surface area (Å²) in [5.41, 5.74) is 9.47. The maximum Gasteiger partial charge on any atom is 0.321 e. The summed E-state index contributed by atoms with van der Waals surface area (Å²) in [6, 6.07) is 14.7. The summed E-state index contributed by atoms with van der Waals surface area (Å²) >= 11 is 0. The van der Waals surface area contributed by atoms with Crippen molar-refractivity contribution in [3.05, 3.63) is 64.7 Å². The Morgan fingerprint density at radius 2 is 1.97 bits per heavy atom. The zero-order chi connectivity index (χ0) is 22.1. The van der Waals surface area contributed by atoms with E-state index in [4.69, 9.17) is 11.0 Å². The van der Waals surface area contributed by atoms with Gasteiger partial charge in [-0.25, -0.2) is 4.79 Å². The molecule has 31 heavy (non-hydrogen) atoms. The molecule has 3 aliphatic rings. The normalized spacial score (nSPS) is 30.0. The van der Waals surface area contributed by atoms with Crippen LogP contribution in [-0.4, -0.2) is 54.5 Å². The molecule has 2 aliphatic carbocycles. The molecule has 0 bridgehead atoms. The monoisotopic (exact) mass is 415 g/mol. The fourth-order valence-corrected chi connectivity index (χ4v) is 6.52. The third kappa shape index (κ3) is 2.37. The quantitative estimate of drug-likeness (QED) is 0.803. The van der Waals surface area contributed by atoms with Crippen molar-refractivity contribution >= 4 is 17.6 Å². The number of likely N-dealkylation sites (tertiary alicyclic amines) is 1. The van der Waals surface area contributed by atoms with Crippen molar-refractivity contribution < 1.29 is 9.59 Å². The summed E-state index contributed by atoms with van der Waals surface area (Å²) < 4.78 is 0. The average molecular weight is 415 g/mol. The van der Waals surface area contributed by atoms with Crippen LogP contribution >= 0.6 is 0 Å². The van der Waals surface area contributed by atoms with E-state index in [9.17, 15) is 9.59 Å². The summed E-state index contributed by atoms with van der Waals surface area (Å²) in [4.78, 5) is 29.1. The van der Waals surface area contributed by atoms with E-state index in [0.717, 1.165) is 18.5 Å². The van der Waals surface area contributed by atoms with E-state index < -0.39 is 5.91 Å². The smallest absolute Gasteiger partial charge is 0.321 e. The lowest BCUT2D eigenvalue weighted by molar-refractivity contribution is -0.234. The Labute approximate surface area is 181 Å². The average Bonchev–Trinajstić information content (AvgIpc) is 2.98. The Bertz CT molecular complexity index is 1150. The van der Waals surface area contributed by atoms with Crippen LogP contribution in [0.4, 0.5) is 10.5 Å². The second kappa shape index (κ2) is 6.32. The van der Waals surface area contributed by atoms with Gasteiger partial charge in [-0.05, 0) is 61.0 Å². The van der Waals surface area contributed by atoms with E-state index in [-0.39, 0.29) is 28.9 Å². The Morgan fingerprint density at radius 3 is 2.58 bits per heavy atom. The molecule has 1 saturated heterocycles. The van der Waals surface area contributed by atoms with Crippen molar-refractivity contribution in [1.29, 1.82) is 5.26 Å². The predicted molar refractivity (Wildman–Crippen MR) is 117 cm³/mol. The van der Waals surface area contributed by atoms with Crippen LogP contribution in [-0.2, 0) is 11.8 Å². The molecule has 1 spiro atoms. The number of carbonyl (C=O) groups excluding carboxylic acids is 2. The number of nitrogens with one attached hydrogen (secondary N) is 1. The highest BCUT2D eigenvalue weighted by atomic mass is 16.2. The van der Waals surface area contributed by atoms with Crippen LogP contribution in [0.5, 0.6) is 0 Å². The van der Waals surface area contributed by atoms with Gasteiger partial charge in [0.1, 0.15) is 0 Å². The van der Waals surface area contributed by atoms with Gasteiger partial charge in [0.25, 0.3) is 0 Å². The predicted octanol–water partition coefficient (Wildman–Crippen LogP) is 2.32. The number of fused-ring (bicyclic) bond motifs is 2. The number of amides is 3. The van der Waals surface area contributed by atoms with Gasteiger partial charge in [-0.1, -0.05) is 13.0 Å². The molecule has 1 aliphatic heterocycles.